The topological polar surface area (TPSA) is 127 Å². The van der Waals surface area contributed by atoms with E-state index in [2.05, 4.69) is 77.8 Å². The number of aromatic nitrogens is 3. The highest BCUT2D eigenvalue weighted by molar-refractivity contribution is 6.74. The molecule has 0 atom stereocenters. The quantitative estimate of drug-likeness (QED) is 0.189. The lowest BCUT2D eigenvalue weighted by Gasteiger charge is -2.37. The Kier molecular flexibility index (Phi) is 11.1. The molecule has 13 heteroatoms. The van der Waals surface area contributed by atoms with Crippen LogP contribution in [0.4, 0.5) is 0 Å². The number of imidazole rings is 1. The van der Waals surface area contributed by atoms with E-state index < -0.39 is 26.1 Å². The predicted molar refractivity (Wildman–Crippen MR) is 203 cm³/mol. The molecular formula is C39H54N6O6Si. The van der Waals surface area contributed by atoms with Crippen LogP contribution in [0, 0.1) is 0 Å². The van der Waals surface area contributed by atoms with E-state index in [9.17, 15) is 9.90 Å². The summed E-state index contributed by atoms with van der Waals surface area (Å²) in [5.41, 5.74) is 4.19. The number of aliphatic hydroxyl groups is 1. The summed E-state index contributed by atoms with van der Waals surface area (Å²) < 4.78 is 26.7. The molecule has 2 aliphatic heterocycles. The van der Waals surface area contributed by atoms with Crippen LogP contribution in [0.5, 0.6) is 11.6 Å². The lowest BCUT2D eigenvalue weighted by Crippen LogP contribution is -2.44. The molecule has 0 spiro atoms. The van der Waals surface area contributed by atoms with Crippen LogP contribution in [0.2, 0.25) is 18.1 Å². The Hall–Kier alpha value is -3.85. The standard InChI is InChI=1S/C39H54N6O6Si/c1-38(2,3)52(7,8)51-32-11-9-10-29(34(32)36-48-20-21-49-36)25-50-33-23-28(14-15-40-33)35(46)42-37-41-30-13-12-27(24-44-18-16-43(6)17-19-44)22-31(30)45(37)26-39(4,5)47/h9-15,22-23,36,47H,16-21,24-26H2,1-8H3,(H,41,42,46). The number of fused-ring (bicyclic) bond motifs is 1. The molecule has 2 N–H and O–H groups in total. The van der Waals surface area contributed by atoms with E-state index in [-0.39, 0.29) is 24.1 Å². The minimum Gasteiger partial charge on any atom is -0.543 e. The zero-order chi connectivity index (χ0) is 37.3. The van der Waals surface area contributed by atoms with E-state index in [0.29, 0.717) is 24.4 Å². The van der Waals surface area contributed by atoms with Crippen molar-refractivity contribution in [3.8, 4) is 11.6 Å². The Morgan fingerprint density at radius 2 is 1.77 bits per heavy atom. The maximum Gasteiger partial charge on any atom is 0.280 e. The summed E-state index contributed by atoms with van der Waals surface area (Å²) in [6.07, 6.45) is 0.980. The summed E-state index contributed by atoms with van der Waals surface area (Å²) in [5.74, 6) is 0.559. The number of H-pyrrole nitrogens is 1. The fourth-order valence-electron chi connectivity index (χ4n) is 6.16. The van der Waals surface area contributed by atoms with Crippen LogP contribution in [-0.4, -0.2) is 95.7 Å². The molecule has 2 aromatic heterocycles. The van der Waals surface area contributed by atoms with Gasteiger partial charge in [-0.1, -0.05) is 39.0 Å². The first-order valence-electron chi connectivity index (χ1n) is 18.1. The van der Waals surface area contributed by atoms with Crippen molar-refractivity contribution in [3.05, 3.63) is 82.6 Å². The molecule has 0 unspecified atom stereocenters. The Morgan fingerprint density at radius 3 is 2.46 bits per heavy atom. The summed E-state index contributed by atoms with van der Waals surface area (Å²) in [6.45, 7) is 20.9. The van der Waals surface area contributed by atoms with Gasteiger partial charge in [0.15, 0.2) is 6.29 Å². The molecule has 6 rings (SSSR count). The third-order valence-corrected chi connectivity index (χ3v) is 14.5. The number of carbonyl (C=O) groups excluding carboxylic acids is 1. The summed E-state index contributed by atoms with van der Waals surface area (Å²) in [5, 5.41) is 10.8. The monoisotopic (exact) mass is 730 g/mol. The van der Waals surface area contributed by atoms with Crippen LogP contribution in [0.1, 0.15) is 68.0 Å². The average molecular weight is 731 g/mol. The van der Waals surface area contributed by atoms with Crippen LogP contribution in [-0.2, 0) is 29.2 Å². The molecule has 52 heavy (non-hydrogen) atoms. The summed E-state index contributed by atoms with van der Waals surface area (Å²) in [4.78, 5) is 30.7. The van der Waals surface area contributed by atoms with Crippen molar-refractivity contribution < 1.29 is 28.5 Å². The molecular weight excluding hydrogens is 677 g/mol. The SMILES string of the molecule is CN1CCN(Cc2ccc3[nH]/c(=N\C(=O)c4ccnc(OCc5cccc(O[Si](C)(C)C(C)(C)C)c5C5OCCO5)c4)n(CC(C)(C)O)c3c2)CC1. The number of piperazine rings is 1. The van der Waals surface area contributed by atoms with Gasteiger partial charge in [0.1, 0.15) is 12.4 Å². The van der Waals surface area contributed by atoms with Gasteiger partial charge in [0.05, 0.1) is 42.0 Å². The van der Waals surface area contributed by atoms with Crippen molar-refractivity contribution >= 4 is 25.3 Å². The highest BCUT2D eigenvalue weighted by Crippen LogP contribution is 2.41. The lowest BCUT2D eigenvalue weighted by molar-refractivity contribution is -0.0461. The normalized spacial score (nSPS) is 17.3. The molecule has 280 valence electrons. The lowest BCUT2D eigenvalue weighted by atomic mass is 10.1. The number of amides is 1. The number of hydrogen-bond donors (Lipinski definition) is 2. The Labute approximate surface area is 307 Å². The summed E-state index contributed by atoms with van der Waals surface area (Å²) in [6, 6.07) is 15.4. The smallest absolute Gasteiger partial charge is 0.280 e. The second kappa shape index (κ2) is 15.2. The van der Waals surface area contributed by atoms with Gasteiger partial charge in [0.25, 0.3) is 5.91 Å². The number of pyridine rings is 1. The number of ether oxygens (including phenoxy) is 3. The fourth-order valence-corrected chi connectivity index (χ4v) is 7.20. The second-order valence-electron chi connectivity index (χ2n) is 16.1. The number of hydrogen-bond acceptors (Lipinski definition) is 9. The third kappa shape index (κ3) is 9.01. The van der Waals surface area contributed by atoms with Gasteiger partial charge in [-0.2, -0.15) is 4.99 Å². The van der Waals surface area contributed by atoms with Crippen molar-refractivity contribution in [1.29, 1.82) is 0 Å². The number of nitrogens with one attached hydrogen (secondary N) is 1. The molecule has 0 aliphatic carbocycles. The van der Waals surface area contributed by atoms with Gasteiger partial charge in [-0.25, -0.2) is 4.98 Å². The van der Waals surface area contributed by atoms with Crippen LogP contribution in [0.15, 0.2) is 59.7 Å². The van der Waals surface area contributed by atoms with Gasteiger partial charge in [-0.05, 0) is 68.9 Å². The van der Waals surface area contributed by atoms with Crippen LogP contribution in [0.3, 0.4) is 0 Å². The second-order valence-corrected chi connectivity index (χ2v) is 20.9. The van der Waals surface area contributed by atoms with E-state index in [1.807, 2.05) is 28.8 Å². The molecule has 0 radical (unpaired) electrons. The molecule has 12 nitrogen and oxygen atoms in total. The molecule has 0 saturated carbocycles. The number of nitrogens with zero attached hydrogens (tertiary/aromatic N) is 5. The highest BCUT2D eigenvalue weighted by atomic mass is 28.4. The predicted octanol–water partition coefficient (Wildman–Crippen LogP) is 5.63. The van der Waals surface area contributed by atoms with E-state index in [0.717, 1.165) is 60.6 Å². The van der Waals surface area contributed by atoms with Gasteiger partial charge in [0.2, 0.25) is 19.8 Å². The number of benzene rings is 2. The minimum atomic E-state index is -2.17. The Bertz CT molecular complexity index is 1950. The van der Waals surface area contributed by atoms with Gasteiger partial charge >= 0.3 is 0 Å². The molecule has 1 amide bonds. The summed E-state index contributed by atoms with van der Waals surface area (Å²) >= 11 is 0. The molecule has 2 aromatic carbocycles. The van der Waals surface area contributed by atoms with E-state index in [1.165, 1.54) is 5.56 Å². The van der Waals surface area contributed by atoms with Crippen molar-refractivity contribution in [1.82, 2.24) is 24.3 Å². The number of carbonyl (C=O) groups is 1. The van der Waals surface area contributed by atoms with E-state index in [1.54, 1.807) is 32.2 Å². The van der Waals surface area contributed by atoms with Gasteiger partial charge in [-0.15, -0.1) is 0 Å². The van der Waals surface area contributed by atoms with Gasteiger partial charge in [0, 0.05) is 56.1 Å². The van der Waals surface area contributed by atoms with E-state index in [4.69, 9.17) is 18.6 Å². The van der Waals surface area contributed by atoms with Crippen LogP contribution >= 0.6 is 0 Å². The Balaban J connectivity index is 1.25. The average Bonchev–Trinajstić information content (AvgIpc) is 3.72. The fraction of sp³-hybridized carbons (Fsp3) is 0.513. The maximum atomic E-state index is 13.7. The largest absolute Gasteiger partial charge is 0.543 e. The van der Waals surface area contributed by atoms with Crippen molar-refractivity contribution in [2.75, 3.05) is 46.4 Å². The zero-order valence-corrected chi connectivity index (χ0v) is 32.9. The molecule has 2 aliphatic rings. The first-order valence-corrected chi connectivity index (χ1v) is 21.0. The molecule has 4 heterocycles. The number of likely N-dealkylation sites (N-methyl/N-ethyl adjacent to an activating group) is 1. The van der Waals surface area contributed by atoms with E-state index >= 15 is 0 Å². The van der Waals surface area contributed by atoms with Gasteiger partial charge < -0.3 is 38.2 Å². The molecule has 2 saturated heterocycles. The molecule has 0 bridgehead atoms. The van der Waals surface area contributed by atoms with Gasteiger partial charge in [-0.3, -0.25) is 9.69 Å². The maximum absolute atomic E-state index is 13.7. The van der Waals surface area contributed by atoms with Crippen molar-refractivity contribution in [2.45, 2.75) is 84.3 Å². The first kappa shape index (κ1) is 37.9. The third-order valence-electron chi connectivity index (χ3n) is 10.2. The zero-order valence-electron chi connectivity index (χ0n) is 31.9. The molecule has 4 aromatic rings. The Morgan fingerprint density at radius 1 is 1.04 bits per heavy atom. The summed E-state index contributed by atoms with van der Waals surface area (Å²) in [7, 11) is -0.0153. The van der Waals surface area contributed by atoms with Crippen molar-refractivity contribution in [3.63, 3.8) is 0 Å². The van der Waals surface area contributed by atoms with Crippen LogP contribution < -0.4 is 14.8 Å². The first-order chi connectivity index (χ1) is 24.6. The highest BCUT2D eigenvalue weighted by Gasteiger charge is 2.40. The van der Waals surface area contributed by atoms with Crippen molar-refractivity contribution in [2.24, 2.45) is 4.99 Å². The number of rotatable bonds is 11. The number of aromatic amines is 1. The van der Waals surface area contributed by atoms with Crippen LogP contribution in [0.25, 0.3) is 11.0 Å². The minimum absolute atomic E-state index is 0.00403. The molecule has 2 fully saturated rings.